The van der Waals surface area contributed by atoms with Gasteiger partial charge in [-0.2, -0.15) is 0 Å². The highest BCUT2D eigenvalue weighted by Crippen LogP contribution is 2.41. The van der Waals surface area contributed by atoms with Crippen molar-refractivity contribution in [3.05, 3.63) is 220 Å². The van der Waals surface area contributed by atoms with Crippen LogP contribution in [-0.2, 0) is 68.8 Å². The molecule has 3 atom stereocenters. The van der Waals surface area contributed by atoms with Crippen molar-refractivity contribution in [1.82, 2.24) is 14.7 Å². The number of fused-ring (bicyclic) bond motifs is 1. The first-order valence-corrected chi connectivity index (χ1v) is 37.6. The molecule has 3 aliphatic heterocycles. The average Bonchev–Trinajstić information content (AvgIpc) is 1.77. The summed E-state index contributed by atoms with van der Waals surface area (Å²) in [5, 5.41) is 3.11. The molecular weight excluding hydrogens is 1370 g/mol. The zero-order valence-corrected chi connectivity index (χ0v) is 63.0. The molecule has 107 heavy (non-hydrogen) atoms. The van der Waals surface area contributed by atoms with Crippen LogP contribution in [0.2, 0.25) is 5.02 Å². The Bertz CT molecular complexity index is 4260. The minimum Gasteiger partial charge on any atom is -0.497 e. The molecule has 0 radical (unpaired) electrons. The van der Waals surface area contributed by atoms with Gasteiger partial charge in [0.2, 0.25) is 17.7 Å². The van der Waals surface area contributed by atoms with E-state index in [-0.39, 0.29) is 97.1 Å². The fraction of sp³-hybridized carbons (Fsp3) is 0.379. The first kappa shape index (κ1) is 82.1. The molecule has 3 amide bonds. The third kappa shape index (κ3) is 25.6. The standard InChI is InChI=1S/C26H28N2O2.C24H30N2O4.C22H25ClN2O2.C15H21NO4/c27-21-13-10-19(11-14-21)12-15-22(29)16-17-26(30)28-18-4-9-25(28)24-8-3-6-20-5-1-2-7-23(20)24;1-29-20-12-13-23(30-2)21(16-20)22-4-3-15-26(22)24(28)14-11-19(27)10-7-17-5-8-18(25)9-6-17;23-20-5-2-1-4-19(20)21-6-3-15-25(21)22(27)14-13-18(26)12-9-16-7-10-17(24)11-8-16;1-3-20-15(18)9-7-12(17)6-4-11-5-8-13(16)14(10-11)19-2/h1-3,5-8,10-11,13-14,25H,4,9,12,15-18,27H2;5-6,8-9,12-13,16,22H,3-4,7,10-11,14-15,25H2,1-2H3;1-2,4-5,7-8,10-11,21H,3,6,9,12-15,24H2;5,8,10H,3-4,6-7,9,16H2,1-2H3. The third-order valence-corrected chi connectivity index (χ3v) is 20.1. The number of methoxy groups -OCH3 is 3. The first-order chi connectivity index (χ1) is 51.7. The molecule has 0 saturated carbocycles. The Balaban J connectivity index is 0.000000182. The molecule has 8 aromatic carbocycles. The number of likely N-dealkylation sites (tertiary alicyclic amines) is 3. The second-order valence-corrected chi connectivity index (χ2v) is 27.6. The van der Waals surface area contributed by atoms with Crippen molar-refractivity contribution in [2.75, 3.05) is 70.5 Å². The number of ketones is 4. The zero-order chi connectivity index (χ0) is 76.6. The van der Waals surface area contributed by atoms with Gasteiger partial charge in [-0.15, -0.1) is 0 Å². The Kier molecular flexibility index (Phi) is 32.7. The maximum absolute atomic E-state index is 12.9. The Morgan fingerprint density at radius 3 is 1.25 bits per heavy atom. The predicted octanol–water partition coefficient (Wildman–Crippen LogP) is 15.7. The number of Topliss-reactive ketones (excluding diaryl/α,β-unsaturated/α-hetero) is 4. The van der Waals surface area contributed by atoms with Crippen molar-refractivity contribution in [2.24, 2.45) is 0 Å². The number of amides is 3. The zero-order valence-electron chi connectivity index (χ0n) is 62.3. The molecule has 0 spiro atoms. The summed E-state index contributed by atoms with van der Waals surface area (Å²) in [6, 6.07) is 56.2. The molecule has 11 rings (SSSR count). The van der Waals surface area contributed by atoms with Crippen LogP contribution in [0, 0.1) is 0 Å². The molecule has 0 aliphatic carbocycles. The SMILES string of the molecule is CCOC(=O)CCC(=O)CCc1ccc(N)c(OC)c1.COc1ccc(OC)c(C2CCCN2C(=O)CCC(=O)CCc2ccc(N)cc2)c1.Nc1ccc(CCC(=O)CCC(=O)N2CCCC2c2cccc3ccccc23)cc1.Nc1ccc(CCC(=O)CCC(=O)N2CCCC2c2ccccc2Cl)cc1. The quantitative estimate of drug-likeness (QED) is 0.0232. The molecule has 3 fully saturated rings. The Labute approximate surface area is 634 Å². The fourth-order valence-electron chi connectivity index (χ4n) is 13.8. The second kappa shape index (κ2) is 42.6. The van der Waals surface area contributed by atoms with Gasteiger partial charge < -0.3 is 56.6 Å². The molecule has 3 heterocycles. The molecule has 0 aromatic heterocycles. The average molecular weight is 1480 g/mol. The predicted molar refractivity (Wildman–Crippen MR) is 423 cm³/mol. The summed E-state index contributed by atoms with van der Waals surface area (Å²) < 4.78 is 20.8. The van der Waals surface area contributed by atoms with E-state index in [0.717, 1.165) is 108 Å². The Morgan fingerprint density at radius 2 is 0.794 bits per heavy atom. The number of aryl methyl sites for hydroxylation is 4. The van der Waals surface area contributed by atoms with E-state index in [1.807, 2.05) is 154 Å². The number of nitrogens with two attached hydrogens (primary N) is 4. The van der Waals surface area contributed by atoms with Crippen LogP contribution in [0.3, 0.4) is 0 Å². The monoisotopic (exact) mass is 1470 g/mol. The number of anilines is 4. The van der Waals surface area contributed by atoms with Crippen LogP contribution < -0.4 is 37.1 Å². The summed E-state index contributed by atoms with van der Waals surface area (Å²) in [5.74, 6) is 2.34. The number of halogens is 1. The van der Waals surface area contributed by atoms with E-state index in [0.29, 0.717) is 106 Å². The van der Waals surface area contributed by atoms with Crippen LogP contribution in [0.4, 0.5) is 22.7 Å². The number of nitrogens with zero attached hydrogens (tertiary/aromatic N) is 3. The number of esters is 1. The van der Waals surface area contributed by atoms with Crippen LogP contribution in [0.15, 0.2) is 176 Å². The lowest BCUT2D eigenvalue weighted by Crippen LogP contribution is -2.31. The summed E-state index contributed by atoms with van der Waals surface area (Å²) in [5.41, 5.74) is 32.9. The van der Waals surface area contributed by atoms with Crippen LogP contribution >= 0.6 is 11.6 Å². The van der Waals surface area contributed by atoms with Crippen molar-refractivity contribution in [3.8, 4) is 17.2 Å². The van der Waals surface area contributed by atoms with Gasteiger partial charge in [0.15, 0.2) is 0 Å². The van der Waals surface area contributed by atoms with E-state index in [4.69, 9.17) is 53.5 Å². The molecule has 0 bridgehead atoms. The summed E-state index contributed by atoms with van der Waals surface area (Å²) >= 11 is 6.31. The highest BCUT2D eigenvalue weighted by molar-refractivity contribution is 6.31. The van der Waals surface area contributed by atoms with E-state index in [9.17, 15) is 38.4 Å². The minimum atomic E-state index is -0.324. The molecule has 8 N–H and O–H groups in total. The van der Waals surface area contributed by atoms with Gasteiger partial charge in [0.25, 0.3) is 0 Å². The first-order valence-electron chi connectivity index (χ1n) is 37.2. The lowest BCUT2D eigenvalue weighted by Gasteiger charge is -2.26. The van der Waals surface area contributed by atoms with Gasteiger partial charge >= 0.3 is 5.97 Å². The van der Waals surface area contributed by atoms with Crippen LogP contribution in [0.5, 0.6) is 17.2 Å². The van der Waals surface area contributed by atoms with E-state index in [1.165, 1.54) is 16.3 Å². The van der Waals surface area contributed by atoms with Crippen molar-refractivity contribution in [2.45, 2.75) is 166 Å². The van der Waals surface area contributed by atoms with E-state index < -0.39 is 0 Å². The molecular formula is C87H104ClN7O12. The Hall–Kier alpha value is -10.5. The molecule has 8 aromatic rings. The maximum atomic E-state index is 12.9. The largest absolute Gasteiger partial charge is 0.497 e. The van der Waals surface area contributed by atoms with Crippen LogP contribution in [0.1, 0.15) is 180 Å². The van der Waals surface area contributed by atoms with Gasteiger partial charge in [0, 0.05) is 118 Å². The van der Waals surface area contributed by atoms with Crippen molar-refractivity contribution >= 4 is 91.9 Å². The van der Waals surface area contributed by atoms with Crippen LogP contribution in [-0.4, -0.2) is 109 Å². The molecule has 3 saturated heterocycles. The summed E-state index contributed by atoms with van der Waals surface area (Å²) in [4.78, 5) is 104. The van der Waals surface area contributed by atoms with E-state index in [2.05, 4.69) is 30.3 Å². The van der Waals surface area contributed by atoms with Crippen LogP contribution in [0.25, 0.3) is 10.8 Å². The number of carbonyl (C=O) groups excluding carboxylic acids is 8. The summed E-state index contributed by atoms with van der Waals surface area (Å²) in [7, 11) is 4.81. The van der Waals surface area contributed by atoms with Gasteiger partial charge in [0.05, 0.1) is 58.2 Å². The number of ether oxygens (including phenoxy) is 4. The molecule has 19 nitrogen and oxygen atoms in total. The maximum Gasteiger partial charge on any atom is 0.306 e. The van der Waals surface area contributed by atoms with Crippen molar-refractivity contribution in [1.29, 1.82) is 0 Å². The molecule has 3 aliphatic rings. The third-order valence-electron chi connectivity index (χ3n) is 19.7. The van der Waals surface area contributed by atoms with Gasteiger partial charge in [-0.05, 0) is 188 Å². The number of carbonyl (C=O) groups is 8. The van der Waals surface area contributed by atoms with Gasteiger partial charge in [0.1, 0.15) is 40.4 Å². The van der Waals surface area contributed by atoms with E-state index in [1.54, 1.807) is 34.3 Å². The summed E-state index contributed by atoms with van der Waals surface area (Å²) in [6.07, 6.45) is 12.1. The van der Waals surface area contributed by atoms with Gasteiger partial charge in [-0.1, -0.05) is 115 Å². The smallest absolute Gasteiger partial charge is 0.306 e. The number of rotatable bonds is 31. The molecule has 3 unspecified atom stereocenters. The van der Waals surface area contributed by atoms with Gasteiger partial charge in [-0.25, -0.2) is 0 Å². The minimum absolute atomic E-state index is 0.0169. The normalized spacial score (nSPS) is 15.0. The lowest BCUT2D eigenvalue weighted by molar-refractivity contribution is -0.144. The number of hydrogen-bond donors (Lipinski definition) is 4. The van der Waals surface area contributed by atoms with Gasteiger partial charge in [-0.3, -0.25) is 38.4 Å². The number of nitrogen functional groups attached to an aromatic ring is 4. The summed E-state index contributed by atoms with van der Waals surface area (Å²) in [6.45, 7) is 4.29. The number of benzene rings is 8. The topological polar surface area (TPSA) is 287 Å². The fourth-order valence-corrected chi connectivity index (χ4v) is 14.1. The molecule has 566 valence electrons. The van der Waals surface area contributed by atoms with Crippen molar-refractivity contribution in [3.63, 3.8) is 0 Å². The van der Waals surface area contributed by atoms with E-state index >= 15 is 0 Å². The lowest BCUT2D eigenvalue weighted by atomic mass is 9.97. The highest BCUT2D eigenvalue weighted by atomic mass is 35.5. The molecule has 20 heteroatoms. The number of hydrogen-bond acceptors (Lipinski definition) is 16. The Morgan fingerprint density at radius 1 is 0.393 bits per heavy atom. The highest BCUT2D eigenvalue weighted by Gasteiger charge is 2.34. The van der Waals surface area contributed by atoms with Crippen molar-refractivity contribution < 1.29 is 57.3 Å². The second-order valence-electron chi connectivity index (χ2n) is 27.2.